The Kier molecular flexibility index (Phi) is 9.42. The van der Waals surface area contributed by atoms with Gasteiger partial charge in [0.05, 0.1) is 17.2 Å². The molecule has 2 N–H and O–H groups in total. The van der Waals surface area contributed by atoms with Crippen molar-refractivity contribution in [1.29, 1.82) is 0 Å². The van der Waals surface area contributed by atoms with Crippen LogP contribution in [-0.4, -0.2) is 24.5 Å². The first-order chi connectivity index (χ1) is 11.5. The number of guanidine groups is 1. The molecule has 0 aliphatic heterocycles. The quantitative estimate of drug-likeness (QED) is 0.372. The molecule has 0 unspecified atom stereocenters. The number of aryl methyl sites for hydroxylation is 2. The van der Waals surface area contributed by atoms with E-state index in [-0.39, 0.29) is 24.0 Å². The molecule has 2 aromatic rings. The van der Waals surface area contributed by atoms with Gasteiger partial charge in [0.25, 0.3) is 0 Å². The lowest BCUT2D eigenvalue weighted by Gasteiger charge is -2.11. The smallest absolute Gasteiger partial charge is 0.191 e. The summed E-state index contributed by atoms with van der Waals surface area (Å²) in [7, 11) is 1.80. The Labute approximate surface area is 172 Å². The van der Waals surface area contributed by atoms with Crippen LogP contribution < -0.4 is 10.6 Å². The van der Waals surface area contributed by atoms with Crippen LogP contribution in [0.4, 0.5) is 0 Å². The number of nitrogens with zero attached hydrogens (tertiary/aromatic N) is 2. The number of nitrogens with one attached hydrogen (secondary N) is 2. The third kappa shape index (κ3) is 7.32. The van der Waals surface area contributed by atoms with Gasteiger partial charge in [0.1, 0.15) is 0 Å². The molecule has 0 saturated heterocycles. The van der Waals surface area contributed by atoms with Crippen molar-refractivity contribution in [2.24, 2.45) is 4.99 Å². The highest BCUT2D eigenvalue weighted by molar-refractivity contribution is 14.0. The van der Waals surface area contributed by atoms with Gasteiger partial charge in [-0.05, 0) is 25.8 Å². The van der Waals surface area contributed by atoms with Crippen molar-refractivity contribution in [2.75, 3.05) is 13.6 Å². The molecule has 0 bridgehead atoms. The summed E-state index contributed by atoms with van der Waals surface area (Å²) in [6.07, 6.45) is 0.984. The molecule has 2 rings (SSSR count). The van der Waals surface area contributed by atoms with Crippen molar-refractivity contribution >= 4 is 41.3 Å². The molecule has 25 heavy (non-hydrogen) atoms. The average molecular weight is 472 g/mol. The summed E-state index contributed by atoms with van der Waals surface area (Å²) < 4.78 is 0. The molecule has 0 saturated carbocycles. The molecule has 0 spiro atoms. The zero-order valence-corrected chi connectivity index (χ0v) is 18.9. The predicted molar refractivity (Wildman–Crippen MR) is 119 cm³/mol. The fourth-order valence-electron chi connectivity index (χ4n) is 2.60. The van der Waals surface area contributed by atoms with Crippen molar-refractivity contribution in [2.45, 2.75) is 46.6 Å². The van der Waals surface area contributed by atoms with Gasteiger partial charge in [-0.3, -0.25) is 4.99 Å². The van der Waals surface area contributed by atoms with Crippen molar-refractivity contribution < 1.29 is 0 Å². The zero-order valence-electron chi connectivity index (χ0n) is 15.7. The second-order valence-corrected chi connectivity index (χ2v) is 7.32. The van der Waals surface area contributed by atoms with E-state index in [4.69, 9.17) is 0 Å². The van der Waals surface area contributed by atoms with E-state index in [1.807, 2.05) is 0 Å². The number of aliphatic imine (C=N–C) groups is 1. The molecule has 1 aromatic carbocycles. The molecule has 1 aromatic heterocycles. The van der Waals surface area contributed by atoms with E-state index < -0.39 is 0 Å². The summed E-state index contributed by atoms with van der Waals surface area (Å²) in [5.74, 6) is 1.30. The minimum absolute atomic E-state index is 0. The van der Waals surface area contributed by atoms with E-state index in [0.717, 1.165) is 24.6 Å². The Hall–Kier alpha value is -1.15. The molecule has 6 heteroatoms. The molecular formula is C19H29IN4S. The van der Waals surface area contributed by atoms with Crippen molar-refractivity contribution in [1.82, 2.24) is 15.6 Å². The van der Waals surface area contributed by atoms with Crippen LogP contribution in [0.5, 0.6) is 0 Å². The maximum atomic E-state index is 4.64. The number of aromatic nitrogens is 1. The molecular weight excluding hydrogens is 443 g/mol. The number of thiazole rings is 1. The SMILES string of the molecule is CN=C(NCCc1cc(C)cc(C)c1)NCc1csc(C(C)C)n1.I. The normalized spacial score (nSPS) is 11.4. The van der Waals surface area contributed by atoms with Gasteiger partial charge < -0.3 is 10.6 Å². The van der Waals surface area contributed by atoms with Gasteiger partial charge in [-0.1, -0.05) is 43.2 Å². The third-order valence-corrected chi connectivity index (χ3v) is 4.91. The first kappa shape index (κ1) is 21.9. The summed E-state index contributed by atoms with van der Waals surface area (Å²) >= 11 is 1.72. The maximum absolute atomic E-state index is 4.64. The fraction of sp³-hybridized carbons (Fsp3) is 0.474. The van der Waals surface area contributed by atoms with Gasteiger partial charge in [-0.2, -0.15) is 0 Å². The molecule has 0 atom stereocenters. The van der Waals surface area contributed by atoms with Gasteiger partial charge in [-0.15, -0.1) is 35.3 Å². The molecule has 1 heterocycles. The van der Waals surface area contributed by atoms with E-state index >= 15 is 0 Å². The highest BCUT2D eigenvalue weighted by Gasteiger charge is 2.06. The molecule has 0 fully saturated rings. The topological polar surface area (TPSA) is 49.3 Å². The third-order valence-electron chi connectivity index (χ3n) is 3.71. The lowest BCUT2D eigenvalue weighted by atomic mass is 10.1. The van der Waals surface area contributed by atoms with Crippen LogP contribution in [0.3, 0.4) is 0 Å². The maximum Gasteiger partial charge on any atom is 0.191 e. The van der Waals surface area contributed by atoms with Crippen LogP contribution in [0.2, 0.25) is 0 Å². The van der Waals surface area contributed by atoms with Gasteiger partial charge in [0.2, 0.25) is 0 Å². The summed E-state index contributed by atoms with van der Waals surface area (Å²) in [6, 6.07) is 6.69. The van der Waals surface area contributed by atoms with E-state index in [9.17, 15) is 0 Å². The van der Waals surface area contributed by atoms with Gasteiger partial charge in [0.15, 0.2) is 5.96 Å². The van der Waals surface area contributed by atoms with Crippen LogP contribution in [0.1, 0.15) is 47.2 Å². The molecule has 0 radical (unpaired) electrons. The summed E-state index contributed by atoms with van der Waals surface area (Å²) in [5.41, 5.74) is 5.06. The van der Waals surface area contributed by atoms with Crippen LogP contribution in [0, 0.1) is 13.8 Å². The second kappa shape index (κ2) is 10.8. The number of benzene rings is 1. The minimum atomic E-state index is 0. The number of halogens is 1. The van der Waals surface area contributed by atoms with Gasteiger partial charge >= 0.3 is 0 Å². The van der Waals surface area contributed by atoms with E-state index in [1.54, 1.807) is 18.4 Å². The van der Waals surface area contributed by atoms with E-state index in [2.05, 4.69) is 71.9 Å². The minimum Gasteiger partial charge on any atom is -0.356 e. The highest BCUT2D eigenvalue weighted by atomic mass is 127. The van der Waals surface area contributed by atoms with Gasteiger partial charge in [0, 0.05) is 24.9 Å². The van der Waals surface area contributed by atoms with Gasteiger partial charge in [-0.25, -0.2) is 4.98 Å². The molecule has 0 aliphatic carbocycles. The largest absolute Gasteiger partial charge is 0.356 e. The van der Waals surface area contributed by atoms with Crippen molar-refractivity contribution in [3.05, 3.63) is 51.0 Å². The Balaban J connectivity index is 0.00000312. The molecule has 4 nitrogen and oxygen atoms in total. The van der Waals surface area contributed by atoms with E-state index in [0.29, 0.717) is 12.5 Å². The lowest BCUT2D eigenvalue weighted by Crippen LogP contribution is -2.37. The lowest BCUT2D eigenvalue weighted by molar-refractivity contribution is 0.775. The Bertz CT molecular complexity index is 674. The Morgan fingerprint density at radius 1 is 1.16 bits per heavy atom. The summed E-state index contributed by atoms with van der Waals surface area (Å²) in [6.45, 7) is 10.2. The fourth-order valence-corrected chi connectivity index (χ4v) is 3.44. The first-order valence-electron chi connectivity index (χ1n) is 8.44. The average Bonchev–Trinajstić information content (AvgIpc) is 2.99. The van der Waals surface area contributed by atoms with Crippen LogP contribution in [-0.2, 0) is 13.0 Å². The summed E-state index contributed by atoms with van der Waals surface area (Å²) in [4.78, 5) is 8.92. The van der Waals surface area contributed by atoms with E-state index in [1.165, 1.54) is 21.7 Å². The van der Waals surface area contributed by atoms with Crippen molar-refractivity contribution in [3.63, 3.8) is 0 Å². The number of hydrogen-bond acceptors (Lipinski definition) is 3. The highest BCUT2D eigenvalue weighted by Crippen LogP contribution is 2.18. The summed E-state index contributed by atoms with van der Waals surface area (Å²) in [5, 5.41) is 10.0. The standard InChI is InChI=1S/C19H28N4S.HI/c1-13(2)18-23-17(12-24-18)11-22-19(20-5)21-7-6-16-9-14(3)8-15(4)10-16;/h8-10,12-13H,6-7,11H2,1-5H3,(H2,20,21,22);1H. The van der Waals surface area contributed by atoms with Crippen LogP contribution in [0.15, 0.2) is 28.6 Å². The molecule has 0 aliphatic rings. The second-order valence-electron chi connectivity index (χ2n) is 6.43. The molecule has 138 valence electrons. The van der Waals surface area contributed by atoms with Crippen molar-refractivity contribution in [3.8, 4) is 0 Å². The number of rotatable bonds is 6. The zero-order chi connectivity index (χ0) is 17.5. The first-order valence-corrected chi connectivity index (χ1v) is 9.32. The Morgan fingerprint density at radius 3 is 2.40 bits per heavy atom. The van der Waals surface area contributed by atoms with Crippen LogP contribution >= 0.6 is 35.3 Å². The Morgan fingerprint density at radius 2 is 1.84 bits per heavy atom. The monoisotopic (exact) mass is 472 g/mol. The predicted octanol–water partition coefficient (Wildman–Crippen LogP) is 4.41. The number of hydrogen-bond donors (Lipinski definition) is 2. The molecule has 0 amide bonds. The van der Waals surface area contributed by atoms with Crippen LogP contribution in [0.25, 0.3) is 0 Å².